The van der Waals surface area contributed by atoms with Crippen LogP contribution in [-0.4, -0.2) is 18.1 Å². The highest BCUT2D eigenvalue weighted by atomic mass is 32.1. The van der Waals surface area contributed by atoms with Crippen LogP contribution in [0.25, 0.3) is 16.8 Å². The first kappa shape index (κ1) is 19.3. The Balaban J connectivity index is 1.87. The number of methoxy groups -OCH3 is 1. The molecule has 3 aromatic rings. The van der Waals surface area contributed by atoms with Crippen LogP contribution in [0.3, 0.4) is 0 Å². The summed E-state index contributed by atoms with van der Waals surface area (Å²) in [6.45, 7) is 4.13. The smallest absolute Gasteiger partial charge is 0.339 e. The molecule has 0 unspecified atom stereocenters. The number of benzene rings is 2. The summed E-state index contributed by atoms with van der Waals surface area (Å²) in [5.74, 6) is -0.443. The van der Waals surface area contributed by atoms with Gasteiger partial charge in [0.15, 0.2) is 0 Å². The van der Waals surface area contributed by atoms with Gasteiger partial charge < -0.3 is 10.1 Å². The molecule has 1 heterocycles. The summed E-state index contributed by atoms with van der Waals surface area (Å²) in [4.78, 5) is 16.5. The van der Waals surface area contributed by atoms with Gasteiger partial charge in [-0.3, -0.25) is 0 Å². The molecule has 0 aliphatic rings. The lowest BCUT2D eigenvalue weighted by Crippen LogP contribution is -2.05. The van der Waals surface area contributed by atoms with E-state index in [-0.39, 0.29) is 0 Å². The van der Waals surface area contributed by atoms with Gasteiger partial charge in [0.05, 0.1) is 24.1 Å². The molecule has 2 aromatic carbocycles. The van der Waals surface area contributed by atoms with Crippen LogP contribution in [0.15, 0.2) is 54.0 Å². The molecule has 0 saturated heterocycles. The van der Waals surface area contributed by atoms with Crippen molar-refractivity contribution in [2.45, 2.75) is 13.8 Å². The summed E-state index contributed by atoms with van der Waals surface area (Å²) in [6.07, 6.45) is 1.56. The van der Waals surface area contributed by atoms with Crippen LogP contribution in [0.1, 0.15) is 26.5 Å². The van der Waals surface area contributed by atoms with Gasteiger partial charge in [-0.1, -0.05) is 24.3 Å². The van der Waals surface area contributed by atoms with E-state index >= 15 is 0 Å². The van der Waals surface area contributed by atoms with Crippen LogP contribution in [0.5, 0.6) is 0 Å². The molecule has 3 rings (SSSR count). The zero-order chi connectivity index (χ0) is 20.1. The fourth-order valence-corrected chi connectivity index (χ4v) is 3.41. The molecule has 1 N–H and O–H groups in total. The number of ether oxygens (including phenoxy) is 1. The van der Waals surface area contributed by atoms with Crippen molar-refractivity contribution in [3.8, 4) is 17.3 Å². The lowest BCUT2D eigenvalue weighted by Gasteiger charge is -2.07. The zero-order valence-corrected chi connectivity index (χ0v) is 16.6. The molecule has 0 radical (unpaired) electrons. The highest BCUT2D eigenvalue weighted by Gasteiger charge is 2.12. The quantitative estimate of drug-likeness (QED) is 0.480. The Morgan fingerprint density at radius 1 is 1.21 bits per heavy atom. The first-order valence-corrected chi connectivity index (χ1v) is 9.49. The van der Waals surface area contributed by atoms with Gasteiger partial charge in [0, 0.05) is 17.1 Å². The number of hydrogen-bond acceptors (Lipinski definition) is 6. The van der Waals surface area contributed by atoms with E-state index in [0.717, 1.165) is 11.3 Å². The molecule has 0 spiro atoms. The Kier molecular flexibility index (Phi) is 5.87. The first-order valence-electron chi connectivity index (χ1n) is 8.61. The largest absolute Gasteiger partial charge is 0.465 e. The van der Waals surface area contributed by atoms with E-state index < -0.39 is 5.97 Å². The van der Waals surface area contributed by atoms with Crippen molar-refractivity contribution in [2.75, 3.05) is 12.4 Å². The molecule has 6 heteroatoms. The van der Waals surface area contributed by atoms with E-state index in [4.69, 9.17) is 4.74 Å². The van der Waals surface area contributed by atoms with E-state index in [0.29, 0.717) is 21.8 Å². The third-order valence-corrected chi connectivity index (χ3v) is 5.24. The van der Waals surface area contributed by atoms with Gasteiger partial charge in [-0.05, 0) is 43.2 Å². The maximum Gasteiger partial charge on any atom is 0.339 e. The fraction of sp³-hybridized carbons (Fsp3) is 0.136. The van der Waals surface area contributed by atoms with Gasteiger partial charge in [0.1, 0.15) is 16.6 Å². The van der Waals surface area contributed by atoms with Crippen LogP contribution in [-0.2, 0) is 4.74 Å². The predicted octanol–water partition coefficient (Wildman–Crippen LogP) is 5.19. The third-order valence-electron chi connectivity index (χ3n) is 4.36. The maximum atomic E-state index is 11.9. The summed E-state index contributed by atoms with van der Waals surface area (Å²) in [5.41, 5.74) is 5.63. The molecule has 0 saturated carbocycles. The Bertz CT molecular complexity index is 1090. The number of para-hydroxylation sites is 1. The summed E-state index contributed by atoms with van der Waals surface area (Å²) in [7, 11) is 1.33. The Labute approximate surface area is 167 Å². The minimum Gasteiger partial charge on any atom is -0.465 e. The number of carbonyl (C=O) groups is 1. The average molecular weight is 389 g/mol. The van der Waals surface area contributed by atoms with Crippen LogP contribution < -0.4 is 5.32 Å². The van der Waals surface area contributed by atoms with E-state index in [1.54, 1.807) is 30.5 Å². The maximum absolute atomic E-state index is 11.9. The number of rotatable bonds is 5. The van der Waals surface area contributed by atoms with E-state index in [9.17, 15) is 10.1 Å². The molecular weight excluding hydrogens is 370 g/mol. The number of aryl methyl sites for hydroxylation is 2. The Hall–Kier alpha value is -3.43. The van der Waals surface area contributed by atoms with Crippen molar-refractivity contribution in [1.29, 1.82) is 5.26 Å². The number of thiazole rings is 1. The second-order valence-electron chi connectivity index (χ2n) is 6.19. The predicted molar refractivity (Wildman–Crippen MR) is 112 cm³/mol. The third kappa shape index (κ3) is 4.11. The van der Waals surface area contributed by atoms with Gasteiger partial charge in [0.25, 0.3) is 0 Å². The molecule has 0 atom stereocenters. The van der Waals surface area contributed by atoms with Crippen molar-refractivity contribution >= 4 is 28.6 Å². The lowest BCUT2D eigenvalue weighted by molar-refractivity contribution is 0.0602. The van der Waals surface area contributed by atoms with Gasteiger partial charge >= 0.3 is 5.97 Å². The van der Waals surface area contributed by atoms with Crippen molar-refractivity contribution in [1.82, 2.24) is 4.98 Å². The topological polar surface area (TPSA) is 75.0 Å². The van der Waals surface area contributed by atoms with Gasteiger partial charge in [-0.2, -0.15) is 5.26 Å². The minimum absolute atomic E-state index is 0.389. The SMILES string of the molecule is COC(=O)c1ccccc1NC=C(C#N)c1nc(-c2ccc(C)c(C)c2)cs1. The molecule has 0 aliphatic carbocycles. The molecule has 0 fully saturated rings. The highest BCUT2D eigenvalue weighted by molar-refractivity contribution is 7.11. The lowest BCUT2D eigenvalue weighted by atomic mass is 10.1. The second kappa shape index (κ2) is 8.51. The van der Waals surface area contributed by atoms with E-state index in [1.165, 1.54) is 29.6 Å². The number of hydrogen-bond donors (Lipinski definition) is 1. The number of carbonyl (C=O) groups excluding carboxylic acids is 1. The number of allylic oxidation sites excluding steroid dienone is 1. The van der Waals surface area contributed by atoms with Crippen molar-refractivity contribution in [3.05, 3.63) is 75.7 Å². The van der Waals surface area contributed by atoms with Crippen LogP contribution in [0.4, 0.5) is 5.69 Å². The Morgan fingerprint density at radius 3 is 2.71 bits per heavy atom. The molecular formula is C22H19N3O2S. The number of anilines is 1. The van der Waals surface area contributed by atoms with Crippen molar-refractivity contribution in [2.24, 2.45) is 0 Å². The zero-order valence-electron chi connectivity index (χ0n) is 15.8. The Morgan fingerprint density at radius 2 is 2.00 bits per heavy atom. The fourth-order valence-electron chi connectivity index (χ4n) is 2.62. The summed E-state index contributed by atoms with van der Waals surface area (Å²) in [5, 5.41) is 15.1. The number of nitriles is 1. The van der Waals surface area contributed by atoms with Gasteiger partial charge in [-0.25, -0.2) is 9.78 Å². The standard InChI is InChI=1S/C22H19N3O2S/c1-14-8-9-16(10-15(14)2)20-13-28-21(25-20)17(11-23)12-24-19-7-5-4-6-18(19)22(26)27-3/h4-10,12-13,24H,1-3H3. The van der Waals surface area contributed by atoms with Crippen molar-refractivity contribution in [3.63, 3.8) is 0 Å². The summed E-state index contributed by atoms with van der Waals surface area (Å²) < 4.78 is 4.79. The number of esters is 1. The molecule has 5 nitrogen and oxygen atoms in total. The number of nitrogens with one attached hydrogen (secondary N) is 1. The molecule has 0 bridgehead atoms. The molecule has 1 aromatic heterocycles. The van der Waals surface area contributed by atoms with Crippen molar-refractivity contribution < 1.29 is 9.53 Å². The molecule has 0 aliphatic heterocycles. The van der Waals surface area contributed by atoms with Gasteiger partial charge in [0.2, 0.25) is 0 Å². The first-order chi connectivity index (χ1) is 13.5. The van der Waals surface area contributed by atoms with E-state index in [1.807, 2.05) is 11.4 Å². The molecule has 0 amide bonds. The number of nitrogens with zero attached hydrogens (tertiary/aromatic N) is 2. The monoisotopic (exact) mass is 389 g/mol. The highest BCUT2D eigenvalue weighted by Crippen LogP contribution is 2.27. The summed E-state index contributed by atoms with van der Waals surface area (Å²) in [6, 6.07) is 15.3. The molecule has 140 valence electrons. The minimum atomic E-state index is -0.443. The van der Waals surface area contributed by atoms with Crippen LogP contribution in [0, 0.1) is 25.2 Å². The summed E-state index contributed by atoms with van der Waals surface area (Å²) >= 11 is 1.40. The number of aromatic nitrogens is 1. The van der Waals surface area contributed by atoms with Crippen LogP contribution >= 0.6 is 11.3 Å². The van der Waals surface area contributed by atoms with Gasteiger partial charge in [-0.15, -0.1) is 11.3 Å². The average Bonchev–Trinajstić information content (AvgIpc) is 3.20. The van der Waals surface area contributed by atoms with E-state index in [2.05, 4.69) is 42.4 Å². The van der Waals surface area contributed by atoms with Crippen LogP contribution in [0.2, 0.25) is 0 Å². The normalized spacial score (nSPS) is 11.0. The molecule has 28 heavy (non-hydrogen) atoms. The second-order valence-corrected chi connectivity index (χ2v) is 7.05.